The summed E-state index contributed by atoms with van der Waals surface area (Å²) in [5.74, 6) is -4.93. The Morgan fingerprint density at radius 2 is 1.39 bits per heavy atom. The van der Waals surface area contributed by atoms with Gasteiger partial charge in [-0.25, -0.2) is 0 Å². The number of halogens is 2. The molecular formula is C54H69F2N6O12P. The van der Waals surface area contributed by atoms with Gasteiger partial charge in [-0.3, -0.25) is 52.1 Å². The van der Waals surface area contributed by atoms with Crippen LogP contribution in [0.5, 0.6) is 0 Å². The maximum Gasteiger partial charge on any atom is 0.410 e. The predicted octanol–water partition coefficient (Wildman–Crippen LogP) is 7.65. The van der Waals surface area contributed by atoms with Crippen LogP contribution in [-0.4, -0.2) is 113 Å². The number of nitrogens with one attached hydrogen (secondary N) is 3. The Kier molecular flexibility index (Phi) is 18.6. The van der Waals surface area contributed by atoms with Crippen LogP contribution in [0.25, 0.3) is 10.9 Å². The van der Waals surface area contributed by atoms with E-state index in [9.17, 15) is 38.1 Å². The van der Waals surface area contributed by atoms with Crippen LogP contribution >= 0.6 is 7.60 Å². The largest absolute Gasteiger partial charge is 0.438 e. The van der Waals surface area contributed by atoms with Crippen LogP contribution in [0.2, 0.25) is 0 Å². The van der Waals surface area contributed by atoms with Gasteiger partial charge in [0.05, 0.1) is 16.9 Å². The molecule has 75 heavy (non-hydrogen) atoms. The molecular weight excluding hydrogens is 994 g/mol. The Labute approximate surface area is 435 Å². The van der Waals surface area contributed by atoms with E-state index in [2.05, 4.69) is 15.6 Å². The highest BCUT2D eigenvalue weighted by molar-refractivity contribution is 7.54. The van der Waals surface area contributed by atoms with Gasteiger partial charge in [0.25, 0.3) is 5.91 Å². The number of fused-ring (bicyclic) bond motifs is 2. The van der Waals surface area contributed by atoms with Gasteiger partial charge in [0.1, 0.15) is 17.8 Å². The summed E-state index contributed by atoms with van der Waals surface area (Å²) in [5, 5.41) is 5.75. The molecule has 0 aliphatic carbocycles. The molecule has 2 fully saturated rings. The zero-order chi connectivity index (χ0) is 55.0. The van der Waals surface area contributed by atoms with Crippen molar-refractivity contribution < 1.29 is 65.4 Å². The van der Waals surface area contributed by atoms with E-state index in [4.69, 9.17) is 24.3 Å². The molecule has 2 saturated heterocycles. The number of aromatic amines is 1. The topological polar surface area (TPSA) is 246 Å². The van der Waals surface area contributed by atoms with Crippen molar-refractivity contribution in [1.82, 2.24) is 25.4 Å². The van der Waals surface area contributed by atoms with Crippen LogP contribution in [0.3, 0.4) is 0 Å². The van der Waals surface area contributed by atoms with Crippen molar-refractivity contribution in [3.05, 3.63) is 107 Å². The number of carbonyl (C=O) groups excluding carboxylic acids is 7. The summed E-state index contributed by atoms with van der Waals surface area (Å²) in [4.78, 5) is 101. The van der Waals surface area contributed by atoms with Crippen LogP contribution in [0.4, 0.5) is 8.78 Å². The Bertz CT molecular complexity index is 2690. The monoisotopic (exact) mass is 1060 g/mol. The molecule has 18 nitrogen and oxygen atoms in total. The molecule has 3 aromatic carbocycles. The number of nitrogens with two attached hydrogens (primary N) is 1. The van der Waals surface area contributed by atoms with Gasteiger partial charge in [-0.2, -0.15) is 8.78 Å². The van der Waals surface area contributed by atoms with Crippen LogP contribution in [-0.2, 0) is 57.5 Å². The standard InChI is InChI=1S/C54H69F2N6O12P/c1-33(2)61-26-25-38-20-23-44(48(66)59-41(22-24-46(57)64)45(63)29-39(34-15-11-9-12-16-34)35-17-13-10-14-18-35)62(38)49(67)43(30-61)60-47(65)42-28-36-27-37(19-21-40(36)58-42)54(55,56)75(70,73-31-71-50(68)52(3,4)5)74-32-72-51(69)53(6,7)8/h9-19,21,27-28,33,38-39,41,43-44,58H,20,22-26,29-32H2,1-8H3,(H2,57,64)(H,59,66)(H,60,65)/t38-,41+,43+,44+/m1/s1. The van der Waals surface area contributed by atoms with Crippen molar-refractivity contribution in [3.63, 3.8) is 0 Å². The van der Waals surface area contributed by atoms with E-state index in [0.717, 1.165) is 23.3 Å². The molecule has 0 radical (unpaired) electrons. The van der Waals surface area contributed by atoms with Gasteiger partial charge in [0, 0.05) is 60.4 Å². The predicted molar refractivity (Wildman–Crippen MR) is 274 cm³/mol. The number of amides is 4. The van der Waals surface area contributed by atoms with E-state index in [0.29, 0.717) is 19.4 Å². The van der Waals surface area contributed by atoms with Gasteiger partial charge in [-0.15, -0.1) is 0 Å². The highest BCUT2D eigenvalue weighted by Crippen LogP contribution is 2.67. The lowest BCUT2D eigenvalue weighted by atomic mass is 9.85. The molecule has 0 saturated carbocycles. The second-order valence-corrected chi connectivity index (χ2v) is 23.5. The minimum atomic E-state index is -5.66. The molecule has 21 heteroatoms. The molecule has 2 aliphatic rings. The zero-order valence-electron chi connectivity index (χ0n) is 43.7. The minimum absolute atomic E-state index is 0.000842. The molecule has 1 aromatic heterocycles. The van der Waals surface area contributed by atoms with Crippen molar-refractivity contribution in [2.24, 2.45) is 16.6 Å². The summed E-state index contributed by atoms with van der Waals surface area (Å²) in [6.45, 7) is 11.2. The summed E-state index contributed by atoms with van der Waals surface area (Å²) >= 11 is 0. The number of primary amides is 1. The Morgan fingerprint density at radius 3 is 1.92 bits per heavy atom. The molecule has 6 rings (SSSR count). The first-order valence-corrected chi connectivity index (χ1v) is 26.6. The van der Waals surface area contributed by atoms with E-state index in [1.165, 1.54) is 58.6 Å². The number of carbonyl (C=O) groups is 7. The van der Waals surface area contributed by atoms with E-state index in [1.54, 1.807) is 0 Å². The highest BCUT2D eigenvalue weighted by Gasteiger charge is 2.56. The average Bonchev–Trinajstić information content (AvgIpc) is 3.99. The number of alkyl halides is 2. The quantitative estimate of drug-likeness (QED) is 0.0356. The number of nitrogens with zero attached hydrogens (tertiary/aromatic N) is 2. The number of benzene rings is 3. The first-order valence-electron chi connectivity index (χ1n) is 25.0. The van der Waals surface area contributed by atoms with E-state index in [-0.39, 0.29) is 66.6 Å². The summed E-state index contributed by atoms with van der Waals surface area (Å²) in [5.41, 5.74) is -0.0464. The minimum Gasteiger partial charge on any atom is -0.438 e. The second kappa shape index (κ2) is 24.1. The Balaban J connectivity index is 1.22. The summed E-state index contributed by atoms with van der Waals surface area (Å²) in [6.07, 6.45) is 1.01. The number of ether oxygens (including phenoxy) is 2. The fraction of sp³-hybridized carbons (Fsp3) is 0.500. The lowest BCUT2D eigenvalue weighted by molar-refractivity contribution is -0.163. The van der Waals surface area contributed by atoms with Gasteiger partial charge in [0.15, 0.2) is 5.78 Å². The molecule has 4 atom stereocenters. The van der Waals surface area contributed by atoms with Crippen molar-refractivity contribution in [2.75, 3.05) is 26.7 Å². The molecule has 4 amide bonds. The van der Waals surface area contributed by atoms with Crippen molar-refractivity contribution in [2.45, 2.75) is 136 Å². The molecule has 4 aromatic rings. The third kappa shape index (κ3) is 14.3. The lowest BCUT2D eigenvalue weighted by Crippen LogP contribution is -2.61. The summed E-state index contributed by atoms with van der Waals surface area (Å²) in [7, 11) is -5.66. The van der Waals surface area contributed by atoms with E-state index in [1.807, 2.05) is 79.4 Å². The average molecular weight is 1060 g/mol. The first kappa shape index (κ1) is 57.9. The van der Waals surface area contributed by atoms with Crippen LogP contribution < -0.4 is 16.4 Å². The number of aromatic nitrogens is 1. The van der Waals surface area contributed by atoms with Crippen molar-refractivity contribution in [1.29, 1.82) is 0 Å². The molecule has 5 N–H and O–H groups in total. The summed E-state index contributed by atoms with van der Waals surface area (Å²) in [6, 6.07) is 19.5. The van der Waals surface area contributed by atoms with Crippen molar-refractivity contribution >= 4 is 59.8 Å². The maximum absolute atomic E-state index is 16.5. The third-order valence-corrected chi connectivity index (χ3v) is 15.2. The van der Waals surface area contributed by atoms with Gasteiger partial charge in [0.2, 0.25) is 31.3 Å². The van der Waals surface area contributed by atoms with E-state index < -0.39 is 103 Å². The van der Waals surface area contributed by atoms with Crippen LogP contribution in [0.15, 0.2) is 84.9 Å². The number of esters is 2. The third-order valence-electron chi connectivity index (χ3n) is 13.4. The van der Waals surface area contributed by atoms with Crippen LogP contribution in [0, 0.1) is 10.8 Å². The molecule has 0 bridgehead atoms. The van der Waals surface area contributed by atoms with Gasteiger partial charge >= 0.3 is 25.2 Å². The number of H-pyrrole nitrogens is 1. The number of Topliss-reactive ketones (excluding diaryl/α,β-unsaturated/α-hetero) is 1. The summed E-state index contributed by atoms with van der Waals surface area (Å²) < 4.78 is 66.9. The van der Waals surface area contributed by atoms with Gasteiger partial charge < -0.3 is 35.7 Å². The van der Waals surface area contributed by atoms with Crippen molar-refractivity contribution in [3.8, 4) is 0 Å². The first-order chi connectivity index (χ1) is 35.2. The van der Waals surface area contributed by atoms with Crippen LogP contribution in [0.1, 0.15) is 127 Å². The molecule has 0 spiro atoms. The number of hydrogen-bond donors (Lipinski definition) is 4. The number of hydrogen-bond acceptors (Lipinski definition) is 13. The maximum atomic E-state index is 16.5. The lowest BCUT2D eigenvalue weighted by Gasteiger charge is -2.40. The molecule has 3 heterocycles. The zero-order valence-corrected chi connectivity index (χ0v) is 44.6. The fourth-order valence-corrected chi connectivity index (χ4v) is 10.2. The number of rotatable bonds is 21. The second-order valence-electron chi connectivity index (χ2n) is 21.4. The molecule has 406 valence electrons. The molecule has 2 aliphatic heterocycles. The fourth-order valence-electron chi connectivity index (χ4n) is 9.01. The van der Waals surface area contributed by atoms with Gasteiger partial charge in [-0.05, 0) is 110 Å². The van der Waals surface area contributed by atoms with E-state index >= 15 is 8.78 Å². The number of ketones is 1. The van der Waals surface area contributed by atoms with Gasteiger partial charge in [-0.1, -0.05) is 66.7 Å². The Morgan fingerprint density at radius 1 is 0.813 bits per heavy atom. The SMILES string of the molecule is CC(C)N1CC[C@H]2CC[C@@H](C(=O)N[C@@H](CCC(N)=O)C(=O)CC(c3ccccc3)c3ccccc3)N2C(=O)[C@@H](NC(=O)c2cc3cc(C(F)(F)P(=O)(OCOC(=O)C(C)(C)C)OCOC(=O)C(C)(C)C)ccc3[nH]2)C1. The smallest absolute Gasteiger partial charge is 0.410 e. The Hall–Kier alpha value is -6.34. The highest BCUT2D eigenvalue weighted by atomic mass is 31.2. The normalized spacial score (nSPS) is 18.3. The molecule has 0 unspecified atom stereocenters.